The topological polar surface area (TPSA) is 73.1 Å². The summed E-state index contributed by atoms with van der Waals surface area (Å²) in [5, 5.41) is 9.61. The summed E-state index contributed by atoms with van der Waals surface area (Å²) in [6, 6.07) is 10.2. The molecule has 6 heteroatoms. The summed E-state index contributed by atoms with van der Waals surface area (Å²) in [6.07, 6.45) is 6.26. The first-order chi connectivity index (χ1) is 14.5. The van der Waals surface area contributed by atoms with Crippen molar-refractivity contribution in [2.45, 2.75) is 46.0 Å². The summed E-state index contributed by atoms with van der Waals surface area (Å²) in [7, 11) is 0. The molecule has 2 fully saturated rings. The maximum atomic E-state index is 12.5. The molecule has 0 radical (unpaired) electrons. The van der Waals surface area contributed by atoms with Crippen molar-refractivity contribution in [3.8, 4) is 6.07 Å². The van der Waals surface area contributed by atoms with E-state index >= 15 is 0 Å². The zero-order valence-electron chi connectivity index (χ0n) is 17.9. The lowest BCUT2D eigenvalue weighted by molar-refractivity contribution is -0.138. The van der Waals surface area contributed by atoms with Crippen LogP contribution in [0.3, 0.4) is 0 Å². The predicted octanol–water partition coefficient (Wildman–Crippen LogP) is 3.42. The van der Waals surface area contributed by atoms with Crippen LogP contribution in [0.1, 0.15) is 48.2 Å². The Labute approximate surface area is 178 Å². The highest BCUT2D eigenvalue weighted by atomic mass is 16.2. The van der Waals surface area contributed by atoms with Gasteiger partial charge in [-0.1, -0.05) is 6.07 Å². The second-order valence-corrected chi connectivity index (χ2v) is 8.76. The van der Waals surface area contributed by atoms with Gasteiger partial charge in [-0.2, -0.15) is 5.26 Å². The van der Waals surface area contributed by atoms with Crippen LogP contribution in [0.5, 0.6) is 0 Å². The first-order valence-electron chi connectivity index (χ1n) is 10.8. The molecule has 0 atom stereocenters. The number of hydrogen-bond acceptors (Lipinski definition) is 5. The van der Waals surface area contributed by atoms with E-state index in [1.807, 2.05) is 43.0 Å². The number of likely N-dealkylation sites (tertiary alicyclic amines) is 1. The minimum Gasteiger partial charge on any atom is -0.355 e. The molecule has 0 aliphatic carbocycles. The van der Waals surface area contributed by atoms with Crippen molar-refractivity contribution in [3.63, 3.8) is 0 Å². The second-order valence-electron chi connectivity index (χ2n) is 8.76. The van der Waals surface area contributed by atoms with Crippen molar-refractivity contribution in [1.29, 1.82) is 5.26 Å². The monoisotopic (exact) mass is 403 g/mol. The fourth-order valence-electron chi connectivity index (χ4n) is 4.89. The molecule has 0 bridgehead atoms. The van der Waals surface area contributed by atoms with Crippen LogP contribution >= 0.6 is 0 Å². The van der Waals surface area contributed by atoms with E-state index in [4.69, 9.17) is 0 Å². The molecule has 2 saturated heterocycles. The van der Waals surface area contributed by atoms with Crippen LogP contribution in [0, 0.1) is 30.6 Å². The van der Waals surface area contributed by atoms with Gasteiger partial charge in [-0.05, 0) is 62.3 Å². The SMILES string of the molecule is Cc1cc(C)c(C#N)c(N2CCC3(CCC(=O)N(CCc4ccccn4)C3)CC2)n1. The van der Waals surface area contributed by atoms with Gasteiger partial charge in [0.25, 0.3) is 0 Å². The van der Waals surface area contributed by atoms with Gasteiger partial charge in [0.1, 0.15) is 11.9 Å². The predicted molar refractivity (Wildman–Crippen MR) is 116 cm³/mol. The van der Waals surface area contributed by atoms with Crippen LogP contribution < -0.4 is 4.90 Å². The molecule has 0 aromatic carbocycles. The first-order valence-corrected chi connectivity index (χ1v) is 10.8. The molecule has 2 aromatic rings. The van der Waals surface area contributed by atoms with Crippen LogP contribution in [0.25, 0.3) is 0 Å². The maximum Gasteiger partial charge on any atom is 0.222 e. The quantitative estimate of drug-likeness (QED) is 0.782. The van der Waals surface area contributed by atoms with Crippen LogP contribution in [-0.4, -0.2) is 47.0 Å². The van der Waals surface area contributed by atoms with E-state index in [0.717, 1.165) is 74.6 Å². The highest BCUT2D eigenvalue weighted by molar-refractivity contribution is 5.77. The van der Waals surface area contributed by atoms with Crippen LogP contribution in [0.4, 0.5) is 5.82 Å². The molecule has 4 rings (SSSR count). The van der Waals surface area contributed by atoms with E-state index < -0.39 is 0 Å². The van der Waals surface area contributed by atoms with Crippen molar-refractivity contribution in [2.75, 3.05) is 31.1 Å². The smallest absolute Gasteiger partial charge is 0.222 e. The van der Waals surface area contributed by atoms with Gasteiger partial charge in [-0.3, -0.25) is 9.78 Å². The minimum absolute atomic E-state index is 0.181. The number of nitrogens with zero attached hydrogens (tertiary/aromatic N) is 5. The Bertz CT molecular complexity index is 958. The zero-order chi connectivity index (χ0) is 21.1. The number of aryl methyl sites for hydroxylation is 2. The number of piperidine rings is 2. The number of amides is 1. The molecule has 1 spiro atoms. The largest absolute Gasteiger partial charge is 0.355 e. The molecular formula is C24H29N5O. The van der Waals surface area contributed by atoms with E-state index in [0.29, 0.717) is 12.0 Å². The van der Waals surface area contributed by atoms with E-state index in [1.54, 1.807) is 6.20 Å². The van der Waals surface area contributed by atoms with Crippen LogP contribution in [0.15, 0.2) is 30.5 Å². The second kappa shape index (κ2) is 8.43. The third-order valence-corrected chi connectivity index (χ3v) is 6.67. The Balaban J connectivity index is 1.42. The molecule has 0 saturated carbocycles. The third kappa shape index (κ3) is 4.16. The number of nitriles is 1. The molecule has 2 aromatic heterocycles. The number of aromatic nitrogens is 2. The van der Waals surface area contributed by atoms with E-state index in [-0.39, 0.29) is 11.3 Å². The Morgan fingerprint density at radius 2 is 2.00 bits per heavy atom. The molecule has 1 amide bonds. The van der Waals surface area contributed by atoms with E-state index in [9.17, 15) is 10.1 Å². The molecule has 6 nitrogen and oxygen atoms in total. The number of rotatable bonds is 4. The molecule has 0 unspecified atom stereocenters. The van der Waals surface area contributed by atoms with Gasteiger partial charge >= 0.3 is 0 Å². The summed E-state index contributed by atoms with van der Waals surface area (Å²) in [5.74, 6) is 1.09. The Kier molecular flexibility index (Phi) is 5.72. The number of pyridine rings is 2. The van der Waals surface area contributed by atoms with Gasteiger partial charge in [0.15, 0.2) is 0 Å². The summed E-state index contributed by atoms with van der Waals surface area (Å²) in [4.78, 5) is 25.9. The van der Waals surface area contributed by atoms with Crippen molar-refractivity contribution >= 4 is 11.7 Å². The summed E-state index contributed by atoms with van der Waals surface area (Å²) >= 11 is 0. The maximum absolute atomic E-state index is 12.5. The molecule has 4 heterocycles. The summed E-state index contributed by atoms with van der Waals surface area (Å²) in [6.45, 7) is 7.29. The minimum atomic E-state index is 0.181. The average Bonchev–Trinajstić information content (AvgIpc) is 2.75. The first kappa shape index (κ1) is 20.3. The fraction of sp³-hybridized carbons (Fsp3) is 0.500. The summed E-state index contributed by atoms with van der Waals surface area (Å²) < 4.78 is 0. The normalized spacial score (nSPS) is 18.5. The molecule has 2 aliphatic heterocycles. The lowest BCUT2D eigenvalue weighted by Gasteiger charge is -2.48. The lowest BCUT2D eigenvalue weighted by Crippen LogP contribution is -2.52. The van der Waals surface area contributed by atoms with Crippen molar-refractivity contribution in [1.82, 2.24) is 14.9 Å². The third-order valence-electron chi connectivity index (χ3n) is 6.67. The van der Waals surface area contributed by atoms with Gasteiger partial charge in [0.2, 0.25) is 5.91 Å². The van der Waals surface area contributed by atoms with Crippen LogP contribution in [-0.2, 0) is 11.2 Å². The average molecular weight is 404 g/mol. The van der Waals surface area contributed by atoms with Crippen molar-refractivity contribution in [3.05, 3.63) is 53.0 Å². The Morgan fingerprint density at radius 1 is 1.20 bits per heavy atom. The summed E-state index contributed by atoms with van der Waals surface area (Å²) in [5.41, 5.74) is 3.84. The van der Waals surface area contributed by atoms with Gasteiger partial charge in [-0.15, -0.1) is 0 Å². The molecule has 30 heavy (non-hydrogen) atoms. The highest BCUT2D eigenvalue weighted by Crippen LogP contribution is 2.41. The van der Waals surface area contributed by atoms with Gasteiger partial charge in [-0.25, -0.2) is 4.98 Å². The molecule has 2 aliphatic rings. The molecule has 156 valence electrons. The lowest BCUT2D eigenvalue weighted by atomic mass is 9.72. The van der Waals surface area contributed by atoms with E-state index in [2.05, 4.69) is 20.9 Å². The van der Waals surface area contributed by atoms with Gasteiger partial charge < -0.3 is 9.80 Å². The highest BCUT2D eigenvalue weighted by Gasteiger charge is 2.41. The van der Waals surface area contributed by atoms with E-state index in [1.165, 1.54) is 0 Å². The zero-order valence-corrected chi connectivity index (χ0v) is 17.9. The Morgan fingerprint density at radius 3 is 2.70 bits per heavy atom. The molecular weight excluding hydrogens is 374 g/mol. The van der Waals surface area contributed by atoms with Crippen LogP contribution in [0.2, 0.25) is 0 Å². The number of carbonyl (C=O) groups is 1. The standard InChI is InChI=1S/C24H29N5O/c1-18-15-19(2)27-23(21(18)16-25)28-13-9-24(10-14-28)8-6-22(30)29(17-24)12-7-20-5-3-4-11-26-20/h3-5,11,15H,6-10,12-14,17H2,1-2H3. The fourth-order valence-corrected chi connectivity index (χ4v) is 4.89. The van der Waals surface area contributed by atoms with Gasteiger partial charge in [0, 0.05) is 56.6 Å². The number of hydrogen-bond donors (Lipinski definition) is 0. The Hall–Kier alpha value is -2.94. The number of carbonyl (C=O) groups excluding carboxylic acids is 1. The number of anilines is 1. The molecule has 0 N–H and O–H groups in total. The van der Waals surface area contributed by atoms with Gasteiger partial charge in [0.05, 0.1) is 5.56 Å². The van der Waals surface area contributed by atoms with Crippen molar-refractivity contribution in [2.24, 2.45) is 5.41 Å². The van der Waals surface area contributed by atoms with Crippen molar-refractivity contribution < 1.29 is 4.79 Å².